The van der Waals surface area contributed by atoms with Crippen molar-refractivity contribution in [3.63, 3.8) is 0 Å². The summed E-state index contributed by atoms with van der Waals surface area (Å²) in [7, 11) is 0. The molecular formula is C22H21N5O2. The Labute approximate surface area is 167 Å². The van der Waals surface area contributed by atoms with Crippen molar-refractivity contribution in [1.82, 2.24) is 25.0 Å². The van der Waals surface area contributed by atoms with E-state index in [0.717, 1.165) is 48.2 Å². The fourth-order valence-electron chi connectivity index (χ4n) is 5.01. The summed E-state index contributed by atoms with van der Waals surface area (Å²) in [5.74, 6) is -0.123. The van der Waals surface area contributed by atoms with Crippen LogP contribution in [0.3, 0.4) is 0 Å². The lowest BCUT2D eigenvalue weighted by atomic mass is 9.75. The minimum absolute atomic E-state index is 0.00122. The first-order valence-corrected chi connectivity index (χ1v) is 10.1. The molecule has 2 amide bonds. The molecule has 3 aliphatic heterocycles. The van der Waals surface area contributed by atoms with E-state index in [1.807, 2.05) is 29.3 Å². The van der Waals surface area contributed by atoms with E-state index in [1.54, 1.807) is 0 Å². The van der Waals surface area contributed by atoms with Crippen molar-refractivity contribution >= 4 is 22.7 Å². The molecule has 1 N–H and O–H groups in total. The standard InChI is InChI=1S/C22H21N5O2/c28-20-8-16(11-24-20)21(29)26-12-22(13-26)5-6-27-19(22)9-18(25-27)15-7-14-3-1-2-4-17(14)23-10-15/h1-4,7,9-10,16H,5-6,8,11-13H2,(H,24,28). The maximum absolute atomic E-state index is 12.7. The molecule has 0 bridgehead atoms. The number of para-hydroxylation sites is 1. The minimum Gasteiger partial charge on any atom is -0.355 e. The van der Waals surface area contributed by atoms with Gasteiger partial charge in [-0.15, -0.1) is 0 Å². The largest absolute Gasteiger partial charge is 0.355 e. The van der Waals surface area contributed by atoms with Crippen LogP contribution in [0.25, 0.3) is 22.2 Å². The van der Waals surface area contributed by atoms with Gasteiger partial charge in [-0.05, 0) is 24.6 Å². The molecule has 3 aromatic rings. The van der Waals surface area contributed by atoms with Crippen molar-refractivity contribution in [3.05, 3.63) is 48.3 Å². The zero-order valence-electron chi connectivity index (χ0n) is 16.0. The number of hydrogen-bond donors (Lipinski definition) is 1. The Morgan fingerprint density at radius 3 is 2.90 bits per heavy atom. The van der Waals surface area contributed by atoms with Crippen molar-refractivity contribution < 1.29 is 9.59 Å². The normalized spacial score (nSPS) is 22.0. The van der Waals surface area contributed by atoms with Crippen molar-refractivity contribution in [2.45, 2.75) is 24.8 Å². The number of carbonyl (C=O) groups excluding carboxylic acids is 2. The molecule has 7 nitrogen and oxygen atoms in total. The first-order valence-electron chi connectivity index (χ1n) is 10.1. The van der Waals surface area contributed by atoms with Gasteiger partial charge >= 0.3 is 0 Å². The predicted octanol–water partition coefficient (Wildman–Crippen LogP) is 1.72. The summed E-state index contributed by atoms with van der Waals surface area (Å²) in [6.07, 6.45) is 3.21. The van der Waals surface area contributed by atoms with Gasteiger partial charge in [0.2, 0.25) is 11.8 Å². The molecular weight excluding hydrogens is 366 g/mol. The van der Waals surface area contributed by atoms with Crippen LogP contribution in [0.2, 0.25) is 0 Å². The summed E-state index contributed by atoms with van der Waals surface area (Å²) >= 11 is 0. The molecule has 2 aromatic heterocycles. The van der Waals surface area contributed by atoms with E-state index >= 15 is 0 Å². The van der Waals surface area contributed by atoms with Gasteiger partial charge in [0.05, 0.1) is 17.1 Å². The summed E-state index contributed by atoms with van der Waals surface area (Å²) in [6, 6.07) is 12.4. The molecule has 5 heterocycles. The van der Waals surface area contributed by atoms with Gasteiger partial charge < -0.3 is 10.2 Å². The number of nitrogens with one attached hydrogen (secondary N) is 1. The molecule has 1 atom stereocenters. The number of aryl methyl sites for hydroxylation is 1. The second kappa shape index (κ2) is 5.89. The second-order valence-corrected chi connectivity index (χ2v) is 8.48. The van der Waals surface area contributed by atoms with Crippen LogP contribution in [0, 0.1) is 5.92 Å². The lowest BCUT2D eigenvalue weighted by Gasteiger charge is -2.48. The number of carbonyl (C=O) groups is 2. The number of likely N-dealkylation sites (tertiary alicyclic amines) is 1. The third kappa shape index (κ3) is 2.50. The van der Waals surface area contributed by atoms with Crippen molar-refractivity contribution in [2.24, 2.45) is 5.92 Å². The molecule has 1 unspecified atom stereocenters. The van der Waals surface area contributed by atoms with Gasteiger partial charge in [-0.1, -0.05) is 18.2 Å². The Hall–Kier alpha value is -3.22. The Kier molecular flexibility index (Phi) is 3.39. The summed E-state index contributed by atoms with van der Waals surface area (Å²) in [5.41, 5.74) is 4.15. The van der Waals surface area contributed by atoms with Crippen molar-refractivity contribution in [1.29, 1.82) is 0 Å². The highest BCUT2D eigenvalue weighted by atomic mass is 16.2. The number of fused-ring (bicyclic) bond motifs is 3. The van der Waals surface area contributed by atoms with Crippen LogP contribution in [0.4, 0.5) is 0 Å². The van der Waals surface area contributed by atoms with Crippen LogP contribution in [0.5, 0.6) is 0 Å². The number of pyridine rings is 1. The molecule has 29 heavy (non-hydrogen) atoms. The molecule has 146 valence electrons. The van der Waals surface area contributed by atoms with Crippen LogP contribution in [0.15, 0.2) is 42.6 Å². The zero-order valence-corrected chi connectivity index (χ0v) is 16.0. The lowest BCUT2D eigenvalue weighted by molar-refractivity contribution is -0.143. The third-order valence-electron chi connectivity index (χ3n) is 6.64. The van der Waals surface area contributed by atoms with Crippen LogP contribution >= 0.6 is 0 Å². The minimum atomic E-state index is -0.203. The number of amides is 2. The highest BCUT2D eigenvalue weighted by Crippen LogP contribution is 2.44. The van der Waals surface area contributed by atoms with Crippen LogP contribution in [-0.4, -0.2) is 51.1 Å². The average Bonchev–Trinajstić information content (AvgIpc) is 3.40. The molecule has 1 aromatic carbocycles. The van der Waals surface area contributed by atoms with Gasteiger partial charge in [-0.3, -0.25) is 19.3 Å². The monoisotopic (exact) mass is 387 g/mol. The Balaban J connectivity index is 1.25. The van der Waals surface area contributed by atoms with Gasteiger partial charge in [0.25, 0.3) is 0 Å². The van der Waals surface area contributed by atoms with Gasteiger partial charge in [0, 0.05) is 60.9 Å². The van der Waals surface area contributed by atoms with Crippen molar-refractivity contribution in [3.8, 4) is 11.3 Å². The Morgan fingerprint density at radius 1 is 1.21 bits per heavy atom. The maximum atomic E-state index is 12.7. The summed E-state index contributed by atoms with van der Waals surface area (Å²) in [4.78, 5) is 30.6. The number of hydrogen-bond acceptors (Lipinski definition) is 4. The number of rotatable bonds is 2. The molecule has 0 saturated carbocycles. The quantitative estimate of drug-likeness (QED) is 0.726. The van der Waals surface area contributed by atoms with Crippen LogP contribution in [0.1, 0.15) is 18.5 Å². The number of benzene rings is 1. The van der Waals surface area contributed by atoms with E-state index < -0.39 is 0 Å². The summed E-state index contributed by atoms with van der Waals surface area (Å²) in [6.45, 7) is 2.79. The predicted molar refractivity (Wildman–Crippen MR) is 107 cm³/mol. The fourth-order valence-corrected chi connectivity index (χ4v) is 5.01. The van der Waals surface area contributed by atoms with E-state index in [1.165, 1.54) is 5.69 Å². The van der Waals surface area contributed by atoms with Crippen molar-refractivity contribution in [2.75, 3.05) is 19.6 Å². The van der Waals surface area contributed by atoms with Crippen LogP contribution in [-0.2, 0) is 21.5 Å². The van der Waals surface area contributed by atoms with Gasteiger partial charge in [-0.2, -0.15) is 5.10 Å². The summed E-state index contributed by atoms with van der Waals surface area (Å²) < 4.78 is 2.09. The fraction of sp³-hybridized carbons (Fsp3) is 0.364. The first kappa shape index (κ1) is 16.7. The molecule has 2 saturated heterocycles. The second-order valence-electron chi connectivity index (χ2n) is 8.48. The van der Waals surface area contributed by atoms with Crippen LogP contribution < -0.4 is 5.32 Å². The van der Waals surface area contributed by atoms with E-state index in [2.05, 4.69) is 33.2 Å². The molecule has 3 aliphatic rings. The highest BCUT2D eigenvalue weighted by molar-refractivity contribution is 5.90. The topological polar surface area (TPSA) is 80.1 Å². The first-order chi connectivity index (χ1) is 14.1. The number of aromatic nitrogens is 3. The molecule has 0 radical (unpaired) electrons. The molecule has 6 rings (SSSR count). The lowest BCUT2D eigenvalue weighted by Crippen LogP contribution is -2.61. The third-order valence-corrected chi connectivity index (χ3v) is 6.64. The molecule has 2 fully saturated rings. The SMILES string of the molecule is O=C1CC(C(=O)N2CC3(CCn4nc(-c5cnc6ccccc6c5)cc43)C2)CN1. The maximum Gasteiger partial charge on any atom is 0.228 e. The molecule has 0 aliphatic carbocycles. The van der Waals surface area contributed by atoms with E-state index in [0.29, 0.717) is 13.0 Å². The average molecular weight is 387 g/mol. The number of nitrogens with zero attached hydrogens (tertiary/aromatic N) is 4. The smallest absolute Gasteiger partial charge is 0.228 e. The molecule has 7 heteroatoms. The Bertz CT molecular complexity index is 1160. The zero-order chi connectivity index (χ0) is 19.6. The molecule has 1 spiro atoms. The summed E-state index contributed by atoms with van der Waals surface area (Å²) in [5, 5.41) is 8.68. The highest BCUT2D eigenvalue weighted by Gasteiger charge is 2.52. The Morgan fingerprint density at radius 2 is 2.07 bits per heavy atom. The van der Waals surface area contributed by atoms with E-state index in [4.69, 9.17) is 5.10 Å². The van der Waals surface area contributed by atoms with E-state index in [-0.39, 0.29) is 23.1 Å². The van der Waals surface area contributed by atoms with Gasteiger partial charge in [-0.25, -0.2) is 0 Å². The van der Waals surface area contributed by atoms with E-state index in [9.17, 15) is 9.59 Å². The van der Waals surface area contributed by atoms with Gasteiger partial charge in [0.1, 0.15) is 0 Å². The van der Waals surface area contributed by atoms with Gasteiger partial charge in [0.15, 0.2) is 0 Å².